The van der Waals surface area contributed by atoms with Crippen molar-refractivity contribution >= 4 is 51.7 Å². The van der Waals surface area contributed by atoms with Crippen LogP contribution in [-0.4, -0.2) is 62.3 Å². The lowest BCUT2D eigenvalue weighted by atomic mass is 10.0. The second-order valence-corrected chi connectivity index (χ2v) is 9.26. The highest BCUT2D eigenvalue weighted by Gasteiger charge is 2.54. The number of nitrogen functional groups attached to an aromatic ring is 1. The van der Waals surface area contributed by atoms with Crippen molar-refractivity contribution in [2.45, 2.75) is 18.0 Å². The predicted octanol–water partition coefficient (Wildman–Crippen LogP) is 0.358. The van der Waals surface area contributed by atoms with Gasteiger partial charge in [-0.2, -0.15) is 0 Å². The van der Waals surface area contributed by atoms with Crippen molar-refractivity contribution in [1.29, 1.82) is 0 Å². The molecule has 4 rings (SSSR count). The van der Waals surface area contributed by atoms with Crippen molar-refractivity contribution in [3.8, 4) is 0 Å². The van der Waals surface area contributed by atoms with Crippen LogP contribution in [0, 0.1) is 0 Å². The molecule has 2 aromatic heterocycles. The molecule has 2 aliphatic heterocycles. The molecule has 2 aromatic rings. The summed E-state index contributed by atoms with van der Waals surface area (Å²) in [5.74, 6) is -1.98. The summed E-state index contributed by atoms with van der Waals surface area (Å²) in [5.41, 5.74) is 6.29. The van der Waals surface area contributed by atoms with Crippen LogP contribution in [0.4, 0.5) is 5.13 Å². The number of hydrogen-bond donors (Lipinski definition) is 3. The lowest BCUT2D eigenvalue weighted by Gasteiger charge is -2.49. The summed E-state index contributed by atoms with van der Waals surface area (Å²) in [6.45, 7) is 3.93. The summed E-state index contributed by atoms with van der Waals surface area (Å²) < 4.78 is 1.84. The van der Waals surface area contributed by atoms with Gasteiger partial charge < -0.3 is 21.0 Å². The van der Waals surface area contributed by atoms with Crippen molar-refractivity contribution in [2.75, 3.05) is 18.1 Å². The number of aromatic nitrogens is 2. The smallest absolute Gasteiger partial charge is 0.352 e. The summed E-state index contributed by atoms with van der Waals surface area (Å²) in [4.78, 5) is 48.3. The number of thioether (sulfide) groups is 1. The van der Waals surface area contributed by atoms with Crippen LogP contribution in [0.15, 0.2) is 65.1 Å². The number of carbonyl (C=O) groups excluding carboxylic acids is 2. The van der Waals surface area contributed by atoms with Crippen LogP contribution in [0.1, 0.15) is 5.69 Å². The Kier molecular flexibility index (Phi) is 6.93. The molecule has 13 heteroatoms. The molecule has 11 nitrogen and oxygen atoms in total. The largest absolute Gasteiger partial charge is 0.477 e. The highest BCUT2D eigenvalue weighted by molar-refractivity contribution is 8.00. The third kappa shape index (κ3) is 4.65. The molecule has 4 N–H and O–H groups in total. The van der Waals surface area contributed by atoms with Crippen LogP contribution in [0.5, 0.6) is 0 Å². The first-order valence-electron chi connectivity index (χ1n) is 10.1. The van der Waals surface area contributed by atoms with E-state index < -0.39 is 29.2 Å². The molecule has 2 atom stereocenters. The summed E-state index contributed by atoms with van der Waals surface area (Å²) in [5, 5.41) is 17.5. The second-order valence-electron chi connectivity index (χ2n) is 7.26. The number of amides is 2. The number of carboxylic acid groups (broad SMARTS) is 1. The maximum Gasteiger partial charge on any atom is 0.352 e. The zero-order valence-electron chi connectivity index (χ0n) is 17.8. The Hall–Kier alpha value is -3.71. The number of carbonyl (C=O) groups is 3. The first kappa shape index (κ1) is 23.4. The number of anilines is 1. The molecule has 4 heterocycles. The van der Waals surface area contributed by atoms with E-state index in [2.05, 4.69) is 22.0 Å². The topological polar surface area (TPSA) is 151 Å². The van der Waals surface area contributed by atoms with Gasteiger partial charge in [0.25, 0.3) is 11.8 Å². The third-order valence-electron chi connectivity index (χ3n) is 5.02. The SMILES string of the molecule is C=CCO/N=C(\C(=O)NC1C(=O)N2C(C(=O)O)=C(C[n+]3ccccc3)CS[C@H]12)c1csc(N)n1. The number of hydrogen-bond acceptors (Lipinski definition) is 9. The maximum atomic E-state index is 13.0. The van der Waals surface area contributed by atoms with E-state index in [4.69, 9.17) is 10.6 Å². The van der Waals surface area contributed by atoms with E-state index in [1.165, 1.54) is 22.7 Å². The normalized spacial score (nSPS) is 19.8. The van der Waals surface area contributed by atoms with E-state index in [1.54, 1.807) is 5.38 Å². The lowest BCUT2D eigenvalue weighted by Crippen LogP contribution is -2.71. The molecule has 0 aliphatic carbocycles. The summed E-state index contributed by atoms with van der Waals surface area (Å²) in [7, 11) is 0. The number of nitrogens with two attached hydrogens (primary N) is 1. The average molecular weight is 502 g/mol. The van der Waals surface area contributed by atoms with Gasteiger partial charge in [0, 0.05) is 28.8 Å². The molecule has 1 fully saturated rings. The van der Waals surface area contributed by atoms with Gasteiger partial charge in [0.2, 0.25) is 0 Å². The van der Waals surface area contributed by atoms with Gasteiger partial charge >= 0.3 is 5.97 Å². The molecule has 0 spiro atoms. The summed E-state index contributed by atoms with van der Waals surface area (Å²) in [6.07, 6.45) is 5.11. The van der Waals surface area contributed by atoms with Crippen molar-refractivity contribution in [2.24, 2.45) is 5.16 Å². The van der Waals surface area contributed by atoms with E-state index in [0.717, 1.165) is 11.3 Å². The number of aliphatic carboxylic acids is 1. The quantitative estimate of drug-likeness (QED) is 0.111. The van der Waals surface area contributed by atoms with Gasteiger partial charge in [0.05, 0.1) is 0 Å². The zero-order valence-corrected chi connectivity index (χ0v) is 19.4. The Bertz CT molecular complexity index is 1200. The van der Waals surface area contributed by atoms with Crippen LogP contribution < -0.4 is 15.6 Å². The molecule has 0 saturated carbocycles. The number of β-lactam (4-membered cyclic amide) rings is 1. The Morgan fingerprint density at radius 2 is 2.18 bits per heavy atom. The van der Waals surface area contributed by atoms with Gasteiger partial charge in [-0.1, -0.05) is 23.9 Å². The van der Waals surface area contributed by atoms with Crippen molar-refractivity contribution in [3.05, 3.63) is 65.6 Å². The van der Waals surface area contributed by atoms with Gasteiger partial charge in [-0.05, 0) is 0 Å². The first-order valence-corrected chi connectivity index (χ1v) is 12.0. The number of oxime groups is 1. The second kappa shape index (κ2) is 10.1. The van der Waals surface area contributed by atoms with Crippen LogP contribution in [0.3, 0.4) is 0 Å². The van der Waals surface area contributed by atoms with Gasteiger partial charge in [0.1, 0.15) is 29.4 Å². The van der Waals surface area contributed by atoms with Crippen LogP contribution in [0.2, 0.25) is 0 Å². The minimum Gasteiger partial charge on any atom is -0.477 e. The number of fused-ring (bicyclic) bond motifs is 1. The highest BCUT2D eigenvalue weighted by Crippen LogP contribution is 2.40. The Morgan fingerprint density at radius 1 is 1.41 bits per heavy atom. The Balaban J connectivity index is 1.53. The molecule has 1 saturated heterocycles. The predicted molar refractivity (Wildman–Crippen MR) is 126 cm³/mol. The lowest BCUT2D eigenvalue weighted by molar-refractivity contribution is -0.689. The molecule has 0 radical (unpaired) electrons. The Morgan fingerprint density at radius 3 is 2.82 bits per heavy atom. The molecule has 0 bridgehead atoms. The minimum atomic E-state index is -1.19. The van der Waals surface area contributed by atoms with E-state index in [-0.39, 0.29) is 28.8 Å². The van der Waals surface area contributed by atoms with E-state index >= 15 is 0 Å². The third-order valence-corrected chi connectivity index (χ3v) is 7.03. The standard InChI is InChI=1S/C21H20N6O5S2/c1-2-8-32-25-14(13-11-34-21(22)23-13)17(28)24-15-18(29)27-16(20(30)31)12(10-33-19(15)27)9-26-6-4-3-5-7-26/h2-7,11,15,19H,1,8-10H2,(H3-,22,23,24,28,30,31)/p+1/b25-14-/t15?,19-/m1/s1. The fourth-order valence-corrected chi connectivity index (χ4v) is 5.41. The molecule has 176 valence electrons. The van der Waals surface area contributed by atoms with Gasteiger partial charge in [-0.25, -0.2) is 14.3 Å². The Labute approximate surface area is 202 Å². The minimum absolute atomic E-state index is 0.0499. The highest BCUT2D eigenvalue weighted by atomic mass is 32.2. The number of nitrogens with one attached hydrogen (secondary N) is 1. The van der Waals surface area contributed by atoms with Crippen molar-refractivity contribution in [3.63, 3.8) is 0 Å². The van der Waals surface area contributed by atoms with E-state index in [9.17, 15) is 19.5 Å². The zero-order chi connectivity index (χ0) is 24.2. The molecular formula is C21H21N6O5S2+. The fraction of sp³-hybridized carbons (Fsp3) is 0.238. The maximum absolute atomic E-state index is 13.0. The number of rotatable bonds is 9. The summed E-state index contributed by atoms with van der Waals surface area (Å²) in [6, 6.07) is 4.63. The van der Waals surface area contributed by atoms with Crippen molar-refractivity contribution < 1.29 is 28.9 Å². The van der Waals surface area contributed by atoms with Crippen molar-refractivity contribution in [1.82, 2.24) is 15.2 Å². The fourth-order valence-electron chi connectivity index (χ4n) is 3.53. The van der Waals surface area contributed by atoms with Crippen LogP contribution in [-0.2, 0) is 25.8 Å². The van der Waals surface area contributed by atoms with Gasteiger partial charge in [0.15, 0.2) is 29.8 Å². The molecule has 34 heavy (non-hydrogen) atoms. The first-order chi connectivity index (χ1) is 16.4. The molecule has 0 aromatic carbocycles. The van der Waals surface area contributed by atoms with Gasteiger partial charge in [-0.15, -0.1) is 23.1 Å². The number of nitrogens with zero attached hydrogens (tertiary/aromatic N) is 4. The molecule has 2 amide bonds. The number of pyridine rings is 1. The van der Waals surface area contributed by atoms with E-state index in [1.807, 2.05) is 35.2 Å². The molecule has 2 aliphatic rings. The van der Waals surface area contributed by atoms with E-state index in [0.29, 0.717) is 17.9 Å². The van der Waals surface area contributed by atoms with Crippen LogP contribution >= 0.6 is 23.1 Å². The number of thiazole rings is 1. The summed E-state index contributed by atoms with van der Waals surface area (Å²) >= 11 is 2.51. The molecule has 1 unspecified atom stereocenters. The van der Waals surface area contributed by atoms with Gasteiger partial charge in [-0.3, -0.25) is 14.5 Å². The monoisotopic (exact) mass is 501 g/mol. The average Bonchev–Trinajstić information content (AvgIpc) is 3.26. The molecular weight excluding hydrogens is 480 g/mol. The van der Waals surface area contributed by atoms with Crippen LogP contribution in [0.25, 0.3) is 0 Å². The number of carboxylic acids is 1.